The summed E-state index contributed by atoms with van der Waals surface area (Å²) in [6.07, 6.45) is 2.49. The first-order valence-corrected chi connectivity index (χ1v) is 6.78. The minimum absolute atomic E-state index is 0.0728. The maximum Gasteiger partial charge on any atom is 0.336 e. The van der Waals surface area contributed by atoms with Crippen LogP contribution in [-0.4, -0.2) is 35.5 Å². The van der Waals surface area contributed by atoms with Crippen molar-refractivity contribution in [2.24, 2.45) is 5.92 Å². The molecule has 0 amide bonds. The molecule has 0 aliphatic carbocycles. The number of alkyl halides is 1. The smallest absolute Gasteiger partial charge is 0.336 e. The first-order chi connectivity index (χ1) is 8.51. The van der Waals surface area contributed by atoms with Gasteiger partial charge in [-0.3, -0.25) is 0 Å². The van der Waals surface area contributed by atoms with E-state index in [9.17, 15) is 9.90 Å². The van der Waals surface area contributed by atoms with Gasteiger partial charge in [-0.05, 0) is 20.3 Å². The molecule has 1 aliphatic heterocycles. The third kappa shape index (κ3) is 2.87. The van der Waals surface area contributed by atoms with Gasteiger partial charge in [-0.15, -0.1) is 0 Å². The zero-order valence-electron chi connectivity index (χ0n) is 11.1. The number of carbonyl (C=O) groups excluding carboxylic acids is 1. The Kier molecular flexibility index (Phi) is 5.63. The fourth-order valence-electron chi connectivity index (χ4n) is 2.71. The number of allylic oxidation sites excluding steroid dienone is 1. The first kappa shape index (κ1) is 15.5. The van der Waals surface area contributed by atoms with E-state index in [1.807, 2.05) is 13.8 Å². The number of aliphatic hydroxyl groups is 1. The van der Waals surface area contributed by atoms with Gasteiger partial charge in [-0.2, -0.15) is 0 Å². The molecular weight excluding hydrogens is 256 g/mol. The molecule has 0 aromatic rings. The molecule has 0 aromatic carbocycles. The van der Waals surface area contributed by atoms with Crippen molar-refractivity contribution in [2.45, 2.75) is 45.3 Å². The molecule has 18 heavy (non-hydrogen) atoms. The van der Waals surface area contributed by atoms with Gasteiger partial charge >= 0.3 is 5.97 Å². The van der Waals surface area contributed by atoms with Crippen LogP contribution in [0, 0.1) is 5.92 Å². The molecule has 1 rings (SSSR count). The lowest BCUT2D eigenvalue weighted by Crippen LogP contribution is -2.51. The number of ether oxygens (including phenoxy) is 2. The van der Waals surface area contributed by atoms with E-state index in [1.54, 1.807) is 13.0 Å². The number of esters is 1. The number of hydrogen-bond donors (Lipinski definition) is 1. The van der Waals surface area contributed by atoms with Gasteiger partial charge in [0.2, 0.25) is 0 Å². The summed E-state index contributed by atoms with van der Waals surface area (Å²) in [7, 11) is 0. The minimum atomic E-state index is -1.19. The lowest BCUT2D eigenvalue weighted by molar-refractivity contribution is -0.155. The number of hydrogen-bond acceptors (Lipinski definition) is 4. The Bertz CT molecular complexity index is 329. The quantitative estimate of drug-likeness (QED) is 0.475. The van der Waals surface area contributed by atoms with Gasteiger partial charge in [0.1, 0.15) is 11.7 Å². The fourth-order valence-corrected chi connectivity index (χ4v) is 2.91. The van der Waals surface area contributed by atoms with Crippen LogP contribution in [0.1, 0.15) is 33.6 Å². The van der Waals surface area contributed by atoms with Crippen LogP contribution in [-0.2, 0) is 14.3 Å². The highest BCUT2D eigenvalue weighted by molar-refractivity contribution is 6.17. The summed E-state index contributed by atoms with van der Waals surface area (Å²) in [5.41, 5.74) is -0.866. The fraction of sp³-hybridized carbons (Fsp3) is 0.769. The second kappa shape index (κ2) is 6.55. The summed E-state index contributed by atoms with van der Waals surface area (Å²) in [4.78, 5) is 11.7. The van der Waals surface area contributed by atoms with Crippen molar-refractivity contribution in [2.75, 3.05) is 12.7 Å². The number of cyclic esters (lactones) is 1. The molecule has 104 valence electrons. The molecular formula is C13H21ClO4. The summed E-state index contributed by atoms with van der Waals surface area (Å²) in [6, 6.07) is 0.0728. The average molecular weight is 277 g/mol. The van der Waals surface area contributed by atoms with Crippen LogP contribution in [0.5, 0.6) is 0 Å². The molecule has 1 saturated heterocycles. The van der Waals surface area contributed by atoms with Gasteiger partial charge < -0.3 is 14.6 Å². The van der Waals surface area contributed by atoms with Crippen LogP contribution in [0.4, 0.5) is 0 Å². The second-order valence-corrected chi connectivity index (χ2v) is 4.73. The maximum atomic E-state index is 11.7. The average Bonchev–Trinajstić information content (AvgIpc) is 2.30. The predicted octanol–water partition coefficient (Wildman–Crippen LogP) is 2.24. The van der Waals surface area contributed by atoms with Crippen LogP contribution in [0.3, 0.4) is 0 Å². The molecule has 0 radical (unpaired) electrons. The lowest BCUT2D eigenvalue weighted by Gasteiger charge is -2.42. The maximum absolute atomic E-state index is 11.7. The molecule has 1 aliphatic rings. The number of halogens is 1. The van der Waals surface area contributed by atoms with Crippen molar-refractivity contribution in [3.8, 4) is 0 Å². The van der Waals surface area contributed by atoms with Crippen LogP contribution in [0.15, 0.2) is 11.6 Å². The van der Waals surface area contributed by atoms with Gasteiger partial charge in [0.25, 0.3) is 0 Å². The Morgan fingerprint density at radius 3 is 2.83 bits per heavy atom. The van der Waals surface area contributed by atoms with Crippen molar-refractivity contribution in [3.63, 3.8) is 0 Å². The van der Waals surface area contributed by atoms with Crippen LogP contribution in [0.25, 0.3) is 0 Å². The molecule has 5 heteroatoms. The molecule has 1 fully saturated rings. The van der Waals surface area contributed by atoms with Gasteiger partial charge in [-0.25, -0.2) is 4.79 Å². The van der Waals surface area contributed by atoms with Gasteiger partial charge in [0, 0.05) is 12.3 Å². The molecule has 1 N–H and O–H groups in total. The van der Waals surface area contributed by atoms with Crippen molar-refractivity contribution >= 4 is 17.6 Å². The Morgan fingerprint density at radius 1 is 1.67 bits per heavy atom. The summed E-state index contributed by atoms with van der Waals surface area (Å²) in [5.74, 6) is -0.627. The summed E-state index contributed by atoms with van der Waals surface area (Å²) in [6.45, 7) is 5.79. The zero-order chi connectivity index (χ0) is 13.8. The third-order valence-electron chi connectivity index (χ3n) is 3.64. The first-order valence-electron chi connectivity index (χ1n) is 6.25. The normalized spacial score (nSPS) is 30.1. The van der Waals surface area contributed by atoms with Gasteiger partial charge in [0.15, 0.2) is 0 Å². The Labute approximate surface area is 113 Å². The van der Waals surface area contributed by atoms with Crippen molar-refractivity contribution < 1.29 is 19.4 Å². The van der Waals surface area contributed by atoms with Gasteiger partial charge in [-0.1, -0.05) is 24.6 Å². The summed E-state index contributed by atoms with van der Waals surface area (Å²) >= 11 is 5.57. The van der Waals surface area contributed by atoms with E-state index >= 15 is 0 Å². The zero-order valence-corrected chi connectivity index (χ0v) is 11.9. The Balaban J connectivity index is 3.03. The van der Waals surface area contributed by atoms with Gasteiger partial charge in [0.05, 0.1) is 18.3 Å². The molecule has 0 aromatic heterocycles. The number of rotatable bonds is 5. The van der Waals surface area contributed by atoms with Crippen LogP contribution < -0.4 is 0 Å². The largest absolute Gasteiger partial charge is 0.462 e. The number of carbonyl (C=O) groups is 1. The third-order valence-corrected chi connectivity index (χ3v) is 3.76. The molecule has 1 heterocycles. The SMILES string of the molecule is C/C=C1/C(=O)OCC[C@@]1(O)[C@@H](CC)[C@@H](C)OCCl. The standard InChI is InChI=1S/C13H21ClO4/c1-4-10(9(3)18-8-14)13(16)6-7-17-12(15)11(13)5-2/h5,9-10,16H,4,6-8H2,1-3H3/b11-5-/t9-,10+,13-/m1/s1. The van der Waals surface area contributed by atoms with E-state index in [-0.39, 0.29) is 24.7 Å². The molecule has 4 nitrogen and oxygen atoms in total. The Morgan fingerprint density at radius 2 is 2.33 bits per heavy atom. The van der Waals surface area contributed by atoms with Crippen LogP contribution in [0.2, 0.25) is 0 Å². The lowest BCUT2D eigenvalue weighted by atomic mass is 9.73. The molecule has 0 saturated carbocycles. The highest BCUT2D eigenvalue weighted by Crippen LogP contribution is 2.38. The topological polar surface area (TPSA) is 55.8 Å². The molecule has 0 unspecified atom stereocenters. The summed E-state index contributed by atoms with van der Waals surface area (Å²) < 4.78 is 10.3. The highest BCUT2D eigenvalue weighted by Gasteiger charge is 2.47. The van der Waals surface area contributed by atoms with Crippen molar-refractivity contribution in [3.05, 3.63) is 11.6 Å². The highest BCUT2D eigenvalue weighted by atomic mass is 35.5. The second-order valence-electron chi connectivity index (χ2n) is 4.51. The van der Waals surface area contributed by atoms with Crippen LogP contribution >= 0.6 is 11.6 Å². The molecule has 0 bridgehead atoms. The summed E-state index contributed by atoms with van der Waals surface area (Å²) in [5, 5.41) is 10.9. The van der Waals surface area contributed by atoms with E-state index in [0.29, 0.717) is 18.4 Å². The van der Waals surface area contributed by atoms with E-state index in [2.05, 4.69) is 0 Å². The monoisotopic (exact) mass is 276 g/mol. The van der Waals surface area contributed by atoms with Crippen molar-refractivity contribution in [1.82, 2.24) is 0 Å². The minimum Gasteiger partial charge on any atom is -0.462 e. The van der Waals surface area contributed by atoms with E-state index in [0.717, 1.165) is 0 Å². The van der Waals surface area contributed by atoms with E-state index in [1.165, 1.54) is 0 Å². The molecule has 3 atom stereocenters. The molecule has 0 spiro atoms. The Hall–Kier alpha value is -0.580. The van der Waals surface area contributed by atoms with E-state index in [4.69, 9.17) is 21.1 Å². The van der Waals surface area contributed by atoms with E-state index < -0.39 is 11.6 Å². The van der Waals surface area contributed by atoms with Crippen molar-refractivity contribution in [1.29, 1.82) is 0 Å². The predicted molar refractivity (Wildman–Crippen MR) is 69.3 cm³/mol.